The van der Waals surface area contributed by atoms with Gasteiger partial charge in [-0.05, 0) is 40.2 Å². The Hall–Kier alpha value is -0.130. The number of rotatable bonds is 4. The third-order valence-corrected chi connectivity index (χ3v) is 5.69. The van der Waals surface area contributed by atoms with Crippen LogP contribution in [-0.4, -0.2) is 43.1 Å². The van der Waals surface area contributed by atoms with Crippen LogP contribution in [0.3, 0.4) is 0 Å². The SMILES string of the molecule is CCN(CC1CCCN1)S(=O)(=O)C(C)(C)C. The molecule has 1 aliphatic rings. The highest BCUT2D eigenvalue weighted by molar-refractivity contribution is 7.90. The van der Waals surface area contributed by atoms with E-state index in [4.69, 9.17) is 0 Å². The van der Waals surface area contributed by atoms with Gasteiger partial charge >= 0.3 is 0 Å². The van der Waals surface area contributed by atoms with Gasteiger partial charge < -0.3 is 5.32 Å². The molecule has 0 radical (unpaired) electrons. The molecule has 0 bridgehead atoms. The van der Waals surface area contributed by atoms with Crippen LogP contribution >= 0.6 is 0 Å². The predicted molar refractivity (Wildman–Crippen MR) is 66.9 cm³/mol. The first-order valence-electron chi connectivity index (χ1n) is 6.02. The summed E-state index contributed by atoms with van der Waals surface area (Å²) in [6.07, 6.45) is 2.23. The molecule has 1 atom stereocenters. The molecule has 16 heavy (non-hydrogen) atoms. The molecule has 0 spiro atoms. The molecule has 96 valence electrons. The minimum Gasteiger partial charge on any atom is -0.313 e. The molecule has 1 heterocycles. The average Bonchev–Trinajstić information content (AvgIpc) is 2.64. The van der Waals surface area contributed by atoms with Gasteiger partial charge in [0.15, 0.2) is 0 Å². The normalized spacial score (nSPS) is 22.9. The molecule has 0 saturated carbocycles. The number of sulfonamides is 1. The van der Waals surface area contributed by atoms with E-state index in [1.54, 1.807) is 25.1 Å². The summed E-state index contributed by atoms with van der Waals surface area (Å²) in [5.74, 6) is 0. The number of hydrogen-bond donors (Lipinski definition) is 1. The van der Waals surface area contributed by atoms with Gasteiger partial charge in [-0.1, -0.05) is 6.92 Å². The Balaban J connectivity index is 2.73. The minimum absolute atomic E-state index is 0.331. The van der Waals surface area contributed by atoms with Crippen molar-refractivity contribution in [3.05, 3.63) is 0 Å². The fourth-order valence-electron chi connectivity index (χ4n) is 1.94. The second-order valence-electron chi connectivity index (χ2n) is 5.36. The first kappa shape index (κ1) is 13.9. The fourth-order valence-corrected chi connectivity index (χ4v) is 3.43. The van der Waals surface area contributed by atoms with Crippen molar-refractivity contribution in [1.82, 2.24) is 9.62 Å². The zero-order valence-electron chi connectivity index (χ0n) is 10.8. The zero-order valence-corrected chi connectivity index (χ0v) is 11.6. The summed E-state index contributed by atoms with van der Waals surface area (Å²) in [6, 6.07) is 0.331. The van der Waals surface area contributed by atoms with Crippen molar-refractivity contribution in [3.63, 3.8) is 0 Å². The largest absolute Gasteiger partial charge is 0.313 e. The van der Waals surface area contributed by atoms with E-state index < -0.39 is 14.8 Å². The molecule has 1 fully saturated rings. The maximum absolute atomic E-state index is 12.3. The van der Waals surface area contributed by atoms with E-state index in [0.717, 1.165) is 19.4 Å². The Morgan fingerprint density at radius 2 is 2.00 bits per heavy atom. The quantitative estimate of drug-likeness (QED) is 0.813. The first-order valence-corrected chi connectivity index (χ1v) is 7.46. The van der Waals surface area contributed by atoms with E-state index >= 15 is 0 Å². The van der Waals surface area contributed by atoms with Gasteiger partial charge in [0.25, 0.3) is 0 Å². The highest BCUT2D eigenvalue weighted by Gasteiger charge is 2.35. The monoisotopic (exact) mass is 248 g/mol. The zero-order chi connectivity index (χ0) is 12.4. The fraction of sp³-hybridized carbons (Fsp3) is 1.00. The maximum atomic E-state index is 12.3. The standard InChI is InChI=1S/C11H24N2O2S/c1-5-13(9-10-7-6-8-12-10)16(14,15)11(2,3)4/h10,12H,5-9H2,1-4H3. The van der Waals surface area contributed by atoms with Crippen LogP contribution in [0.5, 0.6) is 0 Å². The van der Waals surface area contributed by atoms with Crippen LogP contribution < -0.4 is 5.32 Å². The molecule has 0 aromatic rings. The van der Waals surface area contributed by atoms with Crippen LogP contribution in [0.25, 0.3) is 0 Å². The van der Waals surface area contributed by atoms with Gasteiger partial charge in [-0.15, -0.1) is 0 Å². The number of nitrogens with zero attached hydrogens (tertiary/aromatic N) is 1. The highest BCUT2D eigenvalue weighted by atomic mass is 32.2. The lowest BCUT2D eigenvalue weighted by molar-refractivity contribution is 0.370. The molecule has 5 heteroatoms. The molecule has 1 rings (SSSR count). The molecule has 0 aliphatic carbocycles. The van der Waals surface area contributed by atoms with E-state index in [-0.39, 0.29) is 0 Å². The molecular formula is C11H24N2O2S. The number of nitrogens with one attached hydrogen (secondary N) is 1. The number of hydrogen-bond acceptors (Lipinski definition) is 3. The Kier molecular flexibility index (Phi) is 4.37. The van der Waals surface area contributed by atoms with Gasteiger partial charge in [-0.3, -0.25) is 0 Å². The topological polar surface area (TPSA) is 49.4 Å². The van der Waals surface area contributed by atoms with E-state index in [0.29, 0.717) is 19.1 Å². The minimum atomic E-state index is -3.18. The Morgan fingerprint density at radius 3 is 2.38 bits per heavy atom. The lowest BCUT2D eigenvalue weighted by atomic mass is 10.2. The molecule has 1 aliphatic heterocycles. The Bertz CT molecular complexity index is 313. The van der Waals surface area contributed by atoms with Crippen LogP contribution in [0.2, 0.25) is 0 Å². The van der Waals surface area contributed by atoms with Crippen molar-refractivity contribution < 1.29 is 8.42 Å². The van der Waals surface area contributed by atoms with Crippen LogP contribution in [0, 0.1) is 0 Å². The molecule has 0 aromatic carbocycles. The second-order valence-corrected chi connectivity index (χ2v) is 8.05. The average molecular weight is 248 g/mol. The maximum Gasteiger partial charge on any atom is 0.219 e. The molecule has 1 saturated heterocycles. The molecule has 4 nitrogen and oxygen atoms in total. The van der Waals surface area contributed by atoms with Crippen LogP contribution in [0.15, 0.2) is 0 Å². The van der Waals surface area contributed by atoms with E-state index in [1.807, 2.05) is 6.92 Å². The lowest BCUT2D eigenvalue weighted by Crippen LogP contribution is -2.47. The van der Waals surface area contributed by atoms with Gasteiger partial charge in [0.05, 0.1) is 4.75 Å². The predicted octanol–water partition coefficient (Wildman–Crippen LogP) is 1.19. The highest BCUT2D eigenvalue weighted by Crippen LogP contribution is 2.21. The Labute approximate surface area is 99.5 Å². The molecule has 0 amide bonds. The summed E-state index contributed by atoms with van der Waals surface area (Å²) in [7, 11) is -3.18. The number of likely N-dealkylation sites (N-methyl/N-ethyl adjacent to an activating group) is 1. The first-order chi connectivity index (χ1) is 7.29. The van der Waals surface area contributed by atoms with Crippen molar-refractivity contribution >= 4 is 10.0 Å². The molecule has 0 aromatic heterocycles. The molecular weight excluding hydrogens is 224 g/mol. The van der Waals surface area contributed by atoms with Crippen molar-refractivity contribution in [2.45, 2.75) is 51.3 Å². The summed E-state index contributed by atoms with van der Waals surface area (Å²) in [6.45, 7) is 9.34. The van der Waals surface area contributed by atoms with Crippen LogP contribution in [0.4, 0.5) is 0 Å². The van der Waals surface area contributed by atoms with Crippen molar-refractivity contribution in [2.24, 2.45) is 0 Å². The Morgan fingerprint density at radius 1 is 1.38 bits per heavy atom. The van der Waals surface area contributed by atoms with Gasteiger partial charge in [0.1, 0.15) is 0 Å². The van der Waals surface area contributed by atoms with E-state index in [9.17, 15) is 8.42 Å². The smallest absolute Gasteiger partial charge is 0.219 e. The van der Waals surface area contributed by atoms with Gasteiger partial charge in [-0.2, -0.15) is 0 Å². The van der Waals surface area contributed by atoms with Gasteiger partial charge in [0, 0.05) is 19.1 Å². The van der Waals surface area contributed by atoms with Gasteiger partial charge in [-0.25, -0.2) is 12.7 Å². The van der Waals surface area contributed by atoms with Crippen molar-refractivity contribution in [2.75, 3.05) is 19.6 Å². The summed E-state index contributed by atoms with van der Waals surface area (Å²) >= 11 is 0. The summed E-state index contributed by atoms with van der Waals surface area (Å²) in [5.41, 5.74) is 0. The summed E-state index contributed by atoms with van der Waals surface area (Å²) < 4.78 is 25.4. The van der Waals surface area contributed by atoms with Crippen LogP contribution in [-0.2, 0) is 10.0 Å². The van der Waals surface area contributed by atoms with E-state index in [1.165, 1.54) is 0 Å². The third kappa shape index (κ3) is 2.96. The van der Waals surface area contributed by atoms with Crippen LogP contribution in [0.1, 0.15) is 40.5 Å². The van der Waals surface area contributed by atoms with E-state index in [2.05, 4.69) is 5.32 Å². The second kappa shape index (κ2) is 5.02. The summed E-state index contributed by atoms with van der Waals surface area (Å²) in [4.78, 5) is 0. The van der Waals surface area contributed by atoms with Gasteiger partial charge in [0.2, 0.25) is 10.0 Å². The molecule has 1 N–H and O–H groups in total. The third-order valence-electron chi connectivity index (χ3n) is 3.05. The van der Waals surface area contributed by atoms with Crippen molar-refractivity contribution in [3.8, 4) is 0 Å². The lowest BCUT2D eigenvalue weighted by Gasteiger charge is -2.30. The van der Waals surface area contributed by atoms with Crippen molar-refractivity contribution in [1.29, 1.82) is 0 Å². The molecule has 1 unspecified atom stereocenters. The summed E-state index contributed by atoms with van der Waals surface area (Å²) in [5, 5.41) is 3.34.